The molecular weight excluding hydrogens is 172 g/mol. The summed E-state index contributed by atoms with van der Waals surface area (Å²) >= 11 is 5.88. The molecule has 2 nitrogen and oxygen atoms in total. The summed E-state index contributed by atoms with van der Waals surface area (Å²) in [6, 6.07) is 3.66. The summed E-state index contributed by atoms with van der Waals surface area (Å²) in [5, 5.41) is 3.86. The van der Waals surface area contributed by atoms with Gasteiger partial charge in [0.25, 0.3) is 0 Å². The molecule has 0 aliphatic carbocycles. The van der Waals surface area contributed by atoms with Gasteiger partial charge in [0.15, 0.2) is 0 Å². The highest BCUT2D eigenvalue weighted by Crippen LogP contribution is 2.16. The molecule has 0 unspecified atom stereocenters. The zero-order valence-electron chi connectivity index (χ0n) is 7.18. The van der Waals surface area contributed by atoms with Gasteiger partial charge in [0.05, 0.1) is 5.02 Å². The van der Waals surface area contributed by atoms with Crippen LogP contribution in [0, 0.1) is 0 Å². The van der Waals surface area contributed by atoms with Crippen LogP contribution in [0.3, 0.4) is 0 Å². The quantitative estimate of drug-likeness (QED) is 0.728. The lowest BCUT2D eigenvalue weighted by atomic mass is 10.3. The number of nitrogens with zero attached hydrogens (tertiary/aromatic N) is 1. The summed E-state index contributed by atoms with van der Waals surface area (Å²) in [4.78, 5) is 4.11. The van der Waals surface area contributed by atoms with Gasteiger partial charge in [0.1, 0.15) is 5.82 Å². The smallest absolute Gasteiger partial charge is 0.144 e. The first-order chi connectivity index (χ1) is 5.84. The van der Waals surface area contributed by atoms with Crippen LogP contribution in [0.2, 0.25) is 5.02 Å². The topological polar surface area (TPSA) is 24.9 Å². The van der Waals surface area contributed by atoms with Crippen molar-refractivity contribution in [2.24, 2.45) is 0 Å². The summed E-state index contributed by atoms with van der Waals surface area (Å²) in [6.07, 6.45) is 4.06. The first-order valence-electron chi connectivity index (χ1n) is 4.19. The van der Waals surface area contributed by atoms with Crippen molar-refractivity contribution < 1.29 is 0 Å². The lowest BCUT2D eigenvalue weighted by Gasteiger charge is -2.04. The number of nitrogens with one attached hydrogen (secondary N) is 1. The monoisotopic (exact) mass is 184 g/mol. The van der Waals surface area contributed by atoms with Crippen LogP contribution in [0.15, 0.2) is 18.3 Å². The highest BCUT2D eigenvalue weighted by Gasteiger charge is 1.96. The van der Waals surface area contributed by atoms with Crippen molar-refractivity contribution in [1.82, 2.24) is 4.98 Å². The summed E-state index contributed by atoms with van der Waals surface area (Å²) < 4.78 is 0. The molecule has 1 N–H and O–H groups in total. The molecule has 0 spiro atoms. The van der Waals surface area contributed by atoms with E-state index < -0.39 is 0 Å². The van der Waals surface area contributed by atoms with Gasteiger partial charge in [-0.3, -0.25) is 0 Å². The van der Waals surface area contributed by atoms with Crippen LogP contribution in [0.5, 0.6) is 0 Å². The molecule has 0 amide bonds. The van der Waals surface area contributed by atoms with Crippen molar-refractivity contribution in [3.8, 4) is 0 Å². The Morgan fingerprint density at radius 1 is 1.58 bits per heavy atom. The Morgan fingerprint density at radius 2 is 2.42 bits per heavy atom. The Morgan fingerprint density at radius 3 is 3.08 bits per heavy atom. The van der Waals surface area contributed by atoms with E-state index in [9.17, 15) is 0 Å². The third kappa shape index (κ3) is 2.70. The van der Waals surface area contributed by atoms with E-state index in [0.29, 0.717) is 5.02 Å². The molecular formula is C9H13ClN2. The van der Waals surface area contributed by atoms with Crippen molar-refractivity contribution >= 4 is 17.4 Å². The molecule has 0 atom stereocenters. The lowest BCUT2D eigenvalue weighted by Crippen LogP contribution is -2.02. The number of unbranched alkanes of at least 4 members (excludes halogenated alkanes) is 1. The summed E-state index contributed by atoms with van der Waals surface area (Å²) in [5.41, 5.74) is 0. The second kappa shape index (κ2) is 4.99. The van der Waals surface area contributed by atoms with Gasteiger partial charge in [-0.15, -0.1) is 0 Å². The number of aromatic nitrogens is 1. The number of rotatable bonds is 4. The van der Waals surface area contributed by atoms with E-state index >= 15 is 0 Å². The van der Waals surface area contributed by atoms with Gasteiger partial charge in [-0.1, -0.05) is 24.9 Å². The van der Waals surface area contributed by atoms with E-state index in [1.54, 1.807) is 6.20 Å². The van der Waals surface area contributed by atoms with Gasteiger partial charge in [-0.25, -0.2) is 4.98 Å². The second-order valence-corrected chi connectivity index (χ2v) is 3.02. The number of hydrogen-bond acceptors (Lipinski definition) is 2. The van der Waals surface area contributed by atoms with Crippen molar-refractivity contribution in [2.75, 3.05) is 11.9 Å². The molecule has 66 valence electrons. The number of halogens is 1. The van der Waals surface area contributed by atoms with Crippen molar-refractivity contribution in [3.05, 3.63) is 23.4 Å². The van der Waals surface area contributed by atoms with Crippen LogP contribution < -0.4 is 5.32 Å². The Kier molecular flexibility index (Phi) is 3.88. The fourth-order valence-corrected chi connectivity index (χ4v) is 1.09. The first kappa shape index (κ1) is 9.33. The Bertz CT molecular complexity index is 238. The van der Waals surface area contributed by atoms with E-state index in [1.165, 1.54) is 6.42 Å². The van der Waals surface area contributed by atoms with Crippen LogP contribution in [0.1, 0.15) is 19.8 Å². The molecule has 0 radical (unpaired) electrons. The van der Waals surface area contributed by atoms with Crippen LogP contribution in [0.25, 0.3) is 0 Å². The van der Waals surface area contributed by atoms with E-state index in [0.717, 1.165) is 18.8 Å². The molecule has 3 heteroatoms. The highest BCUT2D eigenvalue weighted by molar-refractivity contribution is 6.32. The van der Waals surface area contributed by atoms with E-state index in [2.05, 4.69) is 17.2 Å². The minimum Gasteiger partial charge on any atom is -0.369 e. The second-order valence-electron chi connectivity index (χ2n) is 2.61. The van der Waals surface area contributed by atoms with Crippen LogP contribution in [0.4, 0.5) is 5.82 Å². The Hall–Kier alpha value is -0.760. The summed E-state index contributed by atoms with van der Waals surface area (Å²) in [5.74, 6) is 0.785. The molecule has 1 rings (SSSR count). The maximum absolute atomic E-state index is 5.88. The average molecular weight is 185 g/mol. The van der Waals surface area contributed by atoms with Crippen molar-refractivity contribution in [1.29, 1.82) is 0 Å². The maximum atomic E-state index is 5.88. The van der Waals surface area contributed by atoms with Crippen LogP contribution in [-0.4, -0.2) is 11.5 Å². The zero-order chi connectivity index (χ0) is 8.81. The van der Waals surface area contributed by atoms with Crippen LogP contribution >= 0.6 is 11.6 Å². The Balaban J connectivity index is 2.46. The third-order valence-corrected chi connectivity index (χ3v) is 1.89. The van der Waals surface area contributed by atoms with E-state index in [1.807, 2.05) is 12.1 Å². The fourth-order valence-electron chi connectivity index (χ4n) is 0.899. The lowest BCUT2D eigenvalue weighted by molar-refractivity contribution is 0.831. The Labute approximate surface area is 78.0 Å². The predicted octanol–water partition coefficient (Wildman–Crippen LogP) is 2.95. The molecule has 0 bridgehead atoms. The summed E-state index contributed by atoms with van der Waals surface area (Å²) in [7, 11) is 0. The molecule has 0 saturated heterocycles. The van der Waals surface area contributed by atoms with Gasteiger partial charge in [0.2, 0.25) is 0 Å². The van der Waals surface area contributed by atoms with Crippen molar-refractivity contribution in [3.63, 3.8) is 0 Å². The molecule has 1 heterocycles. The minimum atomic E-state index is 0.689. The maximum Gasteiger partial charge on any atom is 0.144 e. The number of pyridine rings is 1. The van der Waals surface area contributed by atoms with Gasteiger partial charge in [-0.05, 0) is 18.6 Å². The SMILES string of the molecule is CCCCNc1ncccc1Cl. The highest BCUT2D eigenvalue weighted by atomic mass is 35.5. The van der Waals surface area contributed by atoms with Gasteiger partial charge < -0.3 is 5.32 Å². The molecule has 0 aliphatic heterocycles. The predicted molar refractivity (Wildman–Crippen MR) is 52.6 cm³/mol. The molecule has 0 aromatic carbocycles. The number of hydrogen-bond donors (Lipinski definition) is 1. The zero-order valence-corrected chi connectivity index (χ0v) is 7.93. The van der Waals surface area contributed by atoms with Gasteiger partial charge in [0, 0.05) is 12.7 Å². The molecule has 0 aliphatic rings. The first-order valence-corrected chi connectivity index (χ1v) is 4.56. The minimum absolute atomic E-state index is 0.689. The fraction of sp³-hybridized carbons (Fsp3) is 0.444. The normalized spacial score (nSPS) is 9.83. The third-order valence-electron chi connectivity index (χ3n) is 1.58. The summed E-state index contributed by atoms with van der Waals surface area (Å²) in [6.45, 7) is 3.09. The van der Waals surface area contributed by atoms with Crippen molar-refractivity contribution in [2.45, 2.75) is 19.8 Å². The molecule has 12 heavy (non-hydrogen) atoms. The molecule has 1 aromatic rings. The number of anilines is 1. The van der Waals surface area contributed by atoms with E-state index in [4.69, 9.17) is 11.6 Å². The average Bonchev–Trinajstić information content (AvgIpc) is 2.09. The molecule has 1 aromatic heterocycles. The molecule has 0 saturated carbocycles. The van der Waals surface area contributed by atoms with Gasteiger partial charge >= 0.3 is 0 Å². The largest absolute Gasteiger partial charge is 0.369 e. The molecule has 0 fully saturated rings. The van der Waals surface area contributed by atoms with Gasteiger partial charge in [-0.2, -0.15) is 0 Å². The van der Waals surface area contributed by atoms with Crippen LogP contribution in [-0.2, 0) is 0 Å². The standard InChI is InChI=1S/C9H13ClN2/c1-2-3-6-11-9-8(10)5-4-7-12-9/h4-5,7H,2-3,6H2,1H3,(H,11,12). The van der Waals surface area contributed by atoms with E-state index in [-0.39, 0.29) is 0 Å².